The number of H-pyrrole nitrogens is 1. The largest absolute Gasteiger partial charge is 0.496 e. The zero-order valence-corrected chi connectivity index (χ0v) is 11.3. The average Bonchev–Trinajstić information content (AvgIpc) is 2.81. The number of aromatic amines is 1. The van der Waals surface area contributed by atoms with Crippen LogP contribution in [0.5, 0.6) is 5.75 Å². The molecule has 0 unspecified atom stereocenters. The van der Waals surface area contributed by atoms with Crippen LogP contribution in [-0.4, -0.2) is 22.3 Å². The van der Waals surface area contributed by atoms with Gasteiger partial charge in [0.15, 0.2) is 0 Å². The Kier molecular flexibility index (Phi) is 4.22. The van der Waals surface area contributed by atoms with Crippen molar-refractivity contribution in [3.63, 3.8) is 0 Å². The summed E-state index contributed by atoms with van der Waals surface area (Å²) in [5, 5.41) is 7.66. The molecule has 6 heteroatoms. The fourth-order valence-electron chi connectivity index (χ4n) is 1.58. The molecule has 0 radical (unpaired) electrons. The molecule has 0 saturated carbocycles. The number of hydrogen-bond acceptors (Lipinski definition) is 5. The van der Waals surface area contributed by atoms with Crippen LogP contribution in [0.15, 0.2) is 23.4 Å². The molecule has 0 saturated heterocycles. The number of benzene rings is 1. The fraction of sp³-hybridized carbons (Fsp3) is 0.333. The highest BCUT2D eigenvalue weighted by molar-refractivity contribution is 7.98. The first-order valence-electron chi connectivity index (χ1n) is 5.60. The van der Waals surface area contributed by atoms with Crippen LogP contribution in [0.3, 0.4) is 0 Å². The Hall–Kier alpha value is -1.53. The highest BCUT2D eigenvalue weighted by atomic mass is 32.2. The number of hydrogen-bond donors (Lipinski definition) is 2. The van der Waals surface area contributed by atoms with E-state index in [4.69, 9.17) is 10.5 Å². The summed E-state index contributed by atoms with van der Waals surface area (Å²) in [6.45, 7) is 2.37. The van der Waals surface area contributed by atoms with Crippen LogP contribution >= 0.6 is 11.8 Å². The summed E-state index contributed by atoms with van der Waals surface area (Å²) < 4.78 is 5.31. The van der Waals surface area contributed by atoms with E-state index < -0.39 is 0 Å². The summed E-state index contributed by atoms with van der Waals surface area (Å²) in [7, 11) is 1.66. The van der Waals surface area contributed by atoms with E-state index >= 15 is 0 Å². The topological polar surface area (TPSA) is 76.8 Å². The predicted octanol–water partition coefficient (Wildman–Crippen LogP) is 1.87. The minimum Gasteiger partial charge on any atom is -0.496 e. The summed E-state index contributed by atoms with van der Waals surface area (Å²) in [6.07, 6.45) is 0. The average molecular weight is 264 g/mol. The third kappa shape index (κ3) is 3.02. The molecule has 0 spiro atoms. The van der Waals surface area contributed by atoms with Crippen molar-refractivity contribution in [1.82, 2.24) is 15.2 Å². The number of rotatable bonds is 5. The summed E-state index contributed by atoms with van der Waals surface area (Å²) >= 11 is 1.59. The molecular formula is C12H16N4OS. The Morgan fingerprint density at radius 3 is 2.89 bits per heavy atom. The molecule has 0 aliphatic heterocycles. The van der Waals surface area contributed by atoms with E-state index in [1.54, 1.807) is 18.9 Å². The van der Waals surface area contributed by atoms with Gasteiger partial charge in [-0.15, -0.1) is 5.10 Å². The number of ether oxygens (including phenoxy) is 1. The van der Waals surface area contributed by atoms with Gasteiger partial charge in [-0.25, -0.2) is 4.98 Å². The minimum absolute atomic E-state index is 0.483. The van der Waals surface area contributed by atoms with Gasteiger partial charge in [-0.1, -0.05) is 23.9 Å². The summed E-state index contributed by atoms with van der Waals surface area (Å²) in [6, 6.07) is 6.06. The van der Waals surface area contributed by atoms with Crippen molar-refractivity contribution >= 4 is 11.8 Å². The van der Waals surface area contributed by atoms with Crippen LogP contribution in [0.1, 0.15) is 17.0 Å². The van der Waals surface area contributed by atoms with Gasteiger partial charge in [0.05, 0.1) is 7.11 Å². The second kappa shape index (κ2) is 5.88. The maximum Gasteiger partial charge on any atom is 0.208 e. The maximum absolute atomic E-state index is 5.63. The van der Waals surface area contributed by atoms with Crippen molar-refractivity contribution < 1.29 is 4.74 Å². The highest BCUT2D eigenvalue weighted by Crippen LogP contribution is 2.24. The maximum atomic E-state index is 5.63. The van der Waals surface area contributed by atoms with Crippen LogP contribution in [0.4, 0.5) is 0 Å². The van der Waals surface area contributed by atoms with E-state index in [1.165, 1.54) is 0 Å². The molecular weight excluding hydrogens is 248 g/mol. The van der Waals surface area contributed by atoms with Gasteiger partial charge in [0.25, 0.3) is 0 Å². The first kappa shape index (κ1) is 12.9. The number of thioether (sulfide) groups is 1. The Morgan fingerprint density at radius 1 is 1.44 bits per heavy atom. The van der Waals surface area contributed by atoms with Gasteiger partial charge < -0.3 is 10.5 Å². The van der Waals surface area contributed by atoms with Crippen molar-refractivity contribution in [2.24, 2.45) is 5.73 Å². The van der Waals surface area contributed by atoms with Crippen molar-refractivity contribution in [1.29, 1.82) is 0 Å². The molecule has 1 aromatic heterocycles. The van der Waals surface area contributed by atoms with Crippen LogP contribution in [-0.2, 0) is 12.3 Å². The number of nitrogens with zero attached hydrogens (tertiary/aromatic N) is 2. The Balaban J connectivity index is 2.05. The van der Waals surface area contributed by atoms with Crippen LogP contribution in [0, 0.1) is 6.92 Å². The lowest BCUT2D eigenvalue weighted by Crippen LogP contribution is -2.00. The molecule has 2 rings (SSSR count). The molecule has 3 N–H and O–H groups in total. The zero-order chi connectivity index (χ0) is 13.0. The van der Waals surface area contributed by atoms with E-state index in [0.717, 1.165) is 33.6 Å². The van der Waals surface area contributed by atoms with Gasteiger partial charge in [-0.05, 0) is 18.6 Å². The molecule has 0 aliphatic carbocycles. The van der Waals surface area contributed by atoms with E-state index in [0.29, 0.717) is 6.54 Å². The smallest absolute Gasteiger partial charge is 0.208 e. The normalized spacial score (nSPS) is 10.6. The molecule has 96 valence electrons. The van der Waals surface area contributed by atoms with E-state index in [-0.39, 0.29) is 0 Å². The van der Waals surface area contributed by atoms with Gasteiger partial charge in [-0.2, -0.15) is 0 Å². The van der Waals surface area contributed by atoms with E-state index in [2.05, 4.69) is 21.2 Å². The number of nitrogens with one attached hydrogen (secondary N) is 1. The molecule has 18 heavy (non-hydrogen) atoms. The van der Waals surface area contributed by atoms with Crippen molar-refractivity contribution in [3.8, 4) is 5.75 Å². The second-order valence-corrected chi connectivity index (χ2v) is 4.78. The first-order chi connectivity index (χ1) is 8.72. The van der Waals surface area contributed by atoms with Gasteiger partial charge in [0.2, 0.25) is 5.16 Å². The van der Waals surface area contributed by atoms with Crippen LogP contribution in [0.2, 0.25) is 0 Å². The molecule has 0 aliphatic rings. The van der Waals surface area contributed by atoms with Crippen LogP contribution in [0.25, 0.3) is 0 Å². The number of methoxy groups -OCH3 is 1. The lowest BCUT2D eigenvalue weighted by Gasteiger charge is -2.08. The van der Waals surface area contributed by atoms with Crippen molar-refractivity contribution in [2.45, 2.75) is 24.4 Å². The Morgan fingerprint density at radius 2 is 2.28 bits per heavy atom. The van der Waals surface area contributed by atoms with Gasteiger partial charge in [0.1, 0.15) is 11.6 Å². The second-order valence-electron chi connectivity index (χ2n) is 3.84. The first-order valence-corrected chi connectivity index (χ1v) is 6.59. The Labute approximate surface area is 110 Å². The monoisotopic (exact) mass is 264 g/mol. The molecule has 0 amide bonds. The van der Waals surface area contributed by atoms with Gasteiger partial charge in [-0.3, -0.25) is 5.10 Å². The van der Waals surface area contributed by atoms with Gasteiger partial charge in [0, 0.05) is 17.9 Å². The molecule has 5 nitrogen and oxygen atoms in total. The quantitative estimate of drug-likeness (QED) is 0.806. The zero-order valence-electron chi connectivity index (χ0n) is 10.4. The third-order valence-electron chi connectivity index (χ3n) is 2.52. The third-order valence-corrected chi connectivity index (χ3v) is 3.43. The van der Waals surface area contributed by atoms with E-state index in [1.807, 2.05) is 19.1 Å². The number of nitrogens with two attached hydrogens (primary N) is 1. The van der Waals surface area contributed by atoms with Crippen molar-refractivity contribution in [3.05, 3.63) is 35.2 Å². The lowest BCUT2D eigenvalue weighted by molar-refractivity contribution is 0.409. The molecule has 2 aromatic rings. The predicted molar refractivity (Wildman–Crippen MR) is 71.6 cm³/mol. The summed E-state index contributed by atoms with van der Waals surface area (Å²) in [5.74, 6) is 2.47. The number of aromatic nitrogens is 3. The molecule has 0 fully saturated rings. The minimum atomic E-state index is 0.483. The number of aryl methyl sites for hydroxylation is 1. The Bertz CT molecular complexity index is 527. The SMILES string of the molecule is COc1cc(CSc2n[nH]c(C)n2)ccc1CN. The summed E-state index contributed by atoms with van der Waals surface area (Å²) in [4.78, 5) is 4.25. The molecule has 1 heterocycles. The van der Waals surface area contributed by atoms with Crippen molar-refractivity contribution in [2.75, 3.05) is 7.11 Å². The highest BCUT2D eigenvalue weighted by Gasteiger charge is 2.05. The standard InChI is InChI=1S/C12H16N4OS/c1-8-14-12(16-15-8)18-7-9-3-4-10(6-13)11(5-9)17-2/h3-5H,6-7,13H2,1-2H3,(H,14,15,16). The lowest BCUT2D eigenvalue weighted by atomic mass is 10.1. The van der Waals surface area contributed by atoms with Crippen LogP contribution < -0.4 is 10.5 Å². The van der Waals surface area contributed by atoms with E-state index in [9.17, 15) is 0 Å². The molecule has 1 aromatic carbocycles. The fourth-order valence-corrected chi connectivity index (χ4v) is 2.37. The summed E-state index contributed by atoms with van der Waals surface area (Å²) in [5.41, 5.74) is 7.81. The molecule has 0 atom stereocenters. The molecule has 0 bridgehead atoms. The van der Waals surface area contributed by atoms with Gasteiger partial charge >= 0.3 is 0 Å².